The van der Waals surface area contributed by atoms with Crippen molar-refractivity contribution < 1.29 is 33.7 Å². The number of hydrogen-bond acceptors (Lipinski definition) is 6. The second kappa shape index (κ2) is 6.70. The molecule has 4 aliphatic carbocycles. The molecule has 4 rings (SSSR count). The third kappa shape index (κ3) is 2.57. The van der Waals surface area contributed by atoms with Gasteiger partial charge in [-0.15, -0.1) is 0 Å². The van der Waals surface area contributed by atoms with Crippen molar-refractivity contribution in [1.29, 1.82) is 0 Å². The van der Waals surface area contributed by atoms with Crippen molar-refractivity contribution in [2.24, 2.45) is 22.7 Å². The first kappa shape index (κ1) is 21.6. The molecule has 166 valence electrons. The van der Waals surface area contributed by atoms with E-state index in [4.69, 9.17) is 4.74 Å². The fourth-order valence-electron chi connectivity index (χ4n) is 7.32. The molecule has 0 unspecified atom stereocenters. The number of ether oxygens (including phenoxy) is 1. The zero-order valence-electron chi connectivity index (χ0n) is 17.9. The first-order chi connectivity index (χ1) is 13.9. The van der Waals surface area contributed by atoms with Gasteiger partial charge in [-0.3, -0.25) is 14.4 Å². The molecule has 30 heavy (non-hydrogen) atoms. The van der Waals surface area contributed by atoms with Crippen LogP contribution < -0.4 is 0 Å². The number of Topliss-reactive ketones (excluding diaryl/α,β-unsaturated/α-hetero) is 1. The first-order valence-corrected chi connectivity index (χ1v) is 10.9. The summed E-state index contributed by atoms with van der Waals surface area (Å²) in [5.41, 5.74) is -4.83. The molecule has 0 bridgehead atoms. The Balaban J connectivity index is 1.71. The highest BCUT2D eigenvalue weighted by atomic mass is 19.1. The van der Waals surface area contributed by atoms with E-state index in [0.29, 0.717) is 25.7 Å². The summed E-state index contributed by atoms with van der Waals surface area (Å²) in [6, 6.07) is 0. The highest BCUT2D eigenvalue weighted by Gasteiger charge is 2.74. The van der Waals surface area contributed by atoms with Gasteiger partial charge in [0.25, 0.3) is 0 Å². The van der Waals surface area contributed by atoms with Crippen molar-refractivity contribution in [2.45, 2.75) is 83.1 Å². The van der Waals surface area contributed by atoms with Gasteiger partial charge in [-0.2, -0.15) is 0 Å². The van der Waals surface area contributed by atoms with Crippen LogP contribution in [-0.2, 0) is 19.1 Å². The summed E-state index contributed by atoms with van der Waals surface area (Å²) in [5, 5.41) is 22.6. The van der Waals surface area contributed by atoms with E-state index in [-0.39, 0.29) is 31.0 Å². The number of carbonyl (C=O) groups excluding carboxylic acids is 3. The second-order valence-electron chi connectivity index (χ2n) is 10.2. The summed E-state index contributed by atoms with van der Waals surface area (Å²) in [5.74, 6) is -1.99. The van der Waals surface area contributed by atoms with E-state index >= 15 is 4.39 Å². The average Bonchev–Trinajstić information content (AvgIpc) is 2.94. The van der Waals surface area contributed by atoms with Crippen molar-refractivity contribution >= 4 is 17.5 Å². The maximum Gasteiger partial charge on any atom is 0.303 e. The minimum absolute atomic E-state index is 0.00553. The third-order valence-electron chi connectivity index (χ3n) is 9.06. The van der Waals surface area contributed by atoms with Gasteiger partial charge in [0, 0.05) is 30.1 Å². The van der Waals surface area contributed by atoms with Crippen LogP contribution in [0.25, 0.3) is 0 Å². The Kier molecular flexibility index (Phi) is 4.83. The number of ketones is 2. The molecule has 0 aromatic carbocycles. The number of aliphatic hydroxyl groups is 2. The van der Waals surface area contributed by atoms with Crippen LogP contribution in [-0.4, -0.2) is 51.7 Å². The molecule has 6 nitrogen and oxygen atoms in total. The van der Waals surface area contributed by atoms with Crippen molar-refractivity contribution in [1.82, 2.24) is 0 Å². The van der Waals surface area contributed by atoms with Crippen LogP contribution in [0.15, 0.2) is 11.6 Å². The Morgan fingerprint density at radius 3 is 2.57 bits per heavy atom. The number of aliphatic hydroxyl groups excluding tert-OH is 1. The zero-order valence-corrected chi connectivity index (χ0v) is 17.9. The SMILES string of the molecule is CC(=O)OCC(=O)[C@@]1(O)CC[C@H]2[C@@H]3CCC4=CC(=O)CC[C@]4(C)[C@@]3(F)[C@H](O)C[C@@]21C. The average molecular weight is 422 g/mol. The molecule has 0 saturated heterocycles. The summed E-state index contributed by atoms with van der Waals surface area (Å²) in [6.07, 6.45) is 2.45. The minimum atomic E-state index is -1.91. The normalized spacial score (nSPS) is 47.6. The fourth-order valence-corrected chi connectivity index (χ4v) is 7.32. The third-order valence-corrected chi connectivity index (χ3v) is 9.06. The van der Waals surface area contributed by atoms with Gasteiger partial charge in [0.1, 0.15) is 11.3 Å². The number of rotatable bonds is 3. The predicted molar refractivity (Wildman–Crippen MR) is 105 cm³/mol. The zero-order chi connectivity index (χ0) is 22.1. The molecule has 0 amide bonds. The molecule has 7 heteroatoms. The Morgan fingerprint density at radius 2 is 1.90 bits per heavy atom. The number of hydrogen-bond donors (Lipinski definition) is 2. The lowest BCUT2D eigenvalue weighted by Crippen LogP contribution is -2.69. The lowest BCUT2D eigenvalue weighted by atomic mass is 9.44. The minimum Gasteiger partial charge on any atom is -0.458 e. The van der Waals surface area contributed by atoms with Crippen LogP contribution in [0.2, 0.25) is 0 Å². The largest absolute Gasteiger partial charge is 0.458 e. The van der Waals surface area contributed by atoms with Gasteiger partial charge in [-0.05, 0) is 50.5 Å². The van der Waals surface area contributed by atoms with Crippen molar-refractivity contribution in [2.75, 3.05) is 6.61 Å². The molecule has 0 heterocycles. The van der Waals surface area contributed by atoms with E-state index < -0.39 is 52.5 Å². The standard InChI is InChI=1S/C23H31FO6/c1-13(25)30-12-19(28)22(29)9-7-16-17-5-4-14-10-15(26)6-8-20(14,2)23(17,24)18(27)11-21(16,22)3/h10,16-18,27,29H,4-9,11-12H2,1-3H3/t16-,17-,18+,20-,21-,22-,23-/m0/s1. The molecule has 4 aliphatic rings. The summed E-state index contributed by atoms with van der Waals surface area (Å²) in [4.78, 5) is 35.9. The topological polar surface area (TPSA) is 101 Å². The number of alkyl halides is 1. The van der Waals surface area contributed by atoms with E-state index in [0.717, 1.165) is 5.57 Å². The molecule has 0 aliphatic heterocycles. The van der Waals surface area contributed by atoms with Crippen molar-refractivity contribution in [3.05, 3.63) is 11.6 Å². The molecule has 2 N–H and O–H groups in total. The van der Waals surface area contributed by atoms with E-state index in [1.54, 1.807) is 13.0 Å². The highest BCUT2D eigenvalue weighted by Crippen LogP contribution is 2.70. The number of allylic oxidation sites excluding steroid dienone is 1. The first-order valence-electron chi connectivity index (χ1n) is 10.9. The summed E-state index contributed by atoms with van der Waals surface area (Å²) >= 11 is 0. The molecule has 0 aromatic rings. The summed E-state index contributed by atoms with van der Waals surface area (Å²) in [6.45, 7) is 4.25. The van der Waals surface area contributed by atoms with Gasteiger partial charge < -0.3 is 14.9 Å². The number of esters is 1. The highest BCUT2D eigenvalue weighted by molar-refractivity contribution is 5.92. The van der Waals surface area contributed by atoms with Crippen molar-refractivity contribution in [3.8, 4) is 0 Å². The maximum absolute atomic E-state index is 16.9. The quantitative estimate of drug-likeness (QED) is 0.678. The van der Waals surface area contributed by atoms with Gasteiger partial charge in [0.2, 0.25) is 5.78 Å². The van der Waals surface area contributed by atoms with E-state index in [1.165, 1.54) is 6.92 Å². The molecular weight excluding hydrogens is 391 g/mol. The van der Waals surface area contributed by atoms with E-state index in [1.807, 2.05) is 6.92 Å². The second-order valence-corrected chi connectivity index (χ2v) is 10.2. The van der Waals surface area contributed by atoms with E-state index in [9.17, 15) is 24.6 Å². The Labute approximate surface area is 175 Å². The fraction of sp³-hybridized carbons (Fsp3) is 0.783. The van der Waals surface area contributed by atoms with Crippen LogP contribution in [0.1, 0.15) is 65.7 Å². The van der Waals surface area contributed by atoms with Gasteiger partial charge in [-0.1, -0.05) is 19.4 Å². The Bertz CT molecular complexity index is 838. The Morgan fingerprint density at radius 1 is 1.20 bits per heavy atom. The summed E-state index contributed by atoms with van der Waals surface area (Å²) in [7, 11) is 0. The predicted octanol–water partition coefficient (Wildman–Crippen LogP) is 2.44. The maximum atomic E-state index is 16.9. The Hall–Kier alpha value is -1.60. The van der Waals surface area contributed by atoms with Gasteiger partial charge in [0.15, 0.2) is 12.4 Å². The van der Waals surface area contributed by atoms with Gasteiger partial charge in [-0.25, -0.2) is 4.39 Å². The van der Waals surface area contributed by atoms with Gasteiger partial charge >= 0.3 is 5.97 Å². The lowest BCUT2D eigenvalue weighted by Gasteiger charge is -2.63. The van der Waals surface area contributed by atoms with Gasteiger partial charge in [0.05, 0.1) is 6.10 Å². The number of carbonyl (C=O) groups is 3. The number of fused-ring (bicyclic) bond motifs is 5. The van der Waals surface area contributed by atoms with Crippen LogP contribution in [0.3, 0.4) is 0 Å². The monoisotopic (exact) mass is 422 g/mol. The van der Waals surface area contributed by atoms with Crippen LogP contribution >= 0.6 is 0 Å². The molecule has 0 radical (unpaired) electrons. The van der Waals surface area contributed by atoms with Crippen LogP contribution in [0.4, 0.5) is 4.39 Å². The molecule has 7 atom stereocenters. The summed E-state index contributed by atoms with van der Waals surface area (Å²) < 4.78 is 21.8. The molecule has 3 fully saturated rings. The molecule has 0 spiro atoms. The molecule has 0 aromatic heterocycles. The van der Waals surface area contributed by atoms with E-state index in [2.05, 4.69) is 0 Å². The lowest BCUT2D eigenvalue weighted by molar-refractivity contribution is -0.227. The smallest absolute Gasteiger partial charge is 0.303 e. The number of halogens is 1. The van der Waals surface area contributed by atoms with Crippen LogP contribution in [0, 0.1) is 22.7 Å². The molecule has 3 saturated carbocycles. The molecular formula is C23H31FO6. The van der Waals surface area contributed by atoms with Crippen molar-refractivity contribution in [3.63, 3.8) is 0 Å². The van der Waals surface area contributed by atoms with Crippen LogP contribution in [0.5, 0.6) is 0 Å².